The maximum atomic E-state index is 13.9. The van der Waals surface area contributed by atoms with Gasteiger partial charge in [0, 0.05) is 12.2 Å². The highest BCUT2D eigenvalue weighted by atomic mass is 79.9. The molecule has 0 aromatic heterocycles. The molecule has 1 aliphatic heterocycles. The Morgan fingerprint density at radius 2 is 2.10 bits per heavy atom. The SMILES string of the molecule is O=C(Nc1ccc2c(c1)CNCC2)c1cccc(Br)c1F. The summed E-state index contributed by atoms with van der Waals surface area (Å²) in [5.74, 6) is -0.993. The van der Waals surface area contributed by atoms with Gasteiger partial charge in [-0.1, -0.05) is 12.1 Å². The lowest BCUT2D eigenvalue weighted by atomic mass is 10.0. The minimum atomic E-state index is -0.547. The van der Waals surface area contributed by atoms with Crippen LogP contribution in [0.5, 0.6) is 0 Å². The second kappa shape index (κ2) is 5.95. The molecule has 3 rings (SSSR count). The third-order valence-electron chi connectivity index (χ3n) is 3.55. The normalized spacial score (nSPS) is 13.6. The molecule has 1 aliphatic rings. The summed E-state index contributed by atoms with van der Waals surface area (Å²) in [5, 5.41) is 6.04. The molecular weight excluding hydrogens is 335 g/mol. The number of hydrogen-bond donors (Lipinski definition) is 2. The monoisotopic (exact) mass is 348 g/mol. The lowest BCUT2D eigenvalue weighted by Crippen LogP contribution is -2.23. The number of amides is 1. The van der Waals surface area contributed by atoms with Crippen molar-refractivity contribution in [2.45, 2.75) is 13.0 Å². The predicted molar refractivity (Wildman–Crippen MR) is 83.9 cm³/mol. The van der Waals surface area contributed by atoms with Gasteiger partial charge in [0.2, 0.25) is 0 Å². The minimum absolute atomic E-state index is 0.0280. The molecule has 2 aromatic rings. The number of benzene rings is 2. The number of carbonyl (C=O) groups is 1. The number of hydrogen-bond acceptors (Lipinski definition) is 2. The van der Waals surface area contributed by atoms with E-state index in [-0.39, 0.29) is 10.0 Å². The van der Waals surface area contributed by atoms with E-state index in [9.17, 15) is 9.18 Å². The molecule has 0 spiro atoms. The Morgan fingerprint density at radius 3 is 2.95 bits per heavy atom. The fourth-order valence-corrected chi connectivity index (χ4v) is 2.80. The molecule has 1 heterocycles. The van der Waals surface area contributed by atoms with Crippen LogP contribution in [0.1, 0.15) is 21.5 Å². The van der Waals surface area contributed by atoms with Crippen LogP contribution in [0.15, 0.2) is 40.9 Å². The Hall–Kier alpha value is -1.72. The molecular formula is C16H14BrFN2O. The molecule has 1 amide bonds. The van der Waals surface area contributed by atoms with Crippen molar-refractivity contribution in [3.05, 3.63) is 63.4 Å². The molecule has 2 N–H and O–H groups in total. The summed E-state index contributed by atoms with van der Waals surface area (Å²) in [5.41, 5.74) is 3.18. The first-order chi connectivity index (χ1) is 10.1. The third-order valence-corrected chi connectivity index (χ3v) is 4.16. The first kappa shape index (κ1) is 14.2. The van der Waals surface area contributed by atoms with Crippen molar-refractivity contribution < 1.29 is 9.18 Å². The van der Waals surface area contributed by atoms with E-state index in [4.69, 9.17) is 0 Å². The highest BCUT2D eigenvalue weighted by Gasteiger charge is 2.15. The summed E-state index contributed by atoms with van der Waals surface area (Å²) in [6, 6.07) is 10.5. The van der Waals surface area contributed by atoms with Crippen molar-refractivity contribution >= 4 is 27.5 Å². The van der Waals surface area contributed by atoms with Gasteiger partial charge in [-0.3, -0.25) is 4.79 Å². The maximum absolute atomic E-state index is 13.9. The largest absolute Gasteiger partial charge is 0.322 e. The van der Waals surface area contributed by atoms with Gasteiger partial charge in [0.05, 0.1) is 10.0 Å². The van der Waals surface area contributed by atoms with Gasteiger partial charge in [-0.25, -0.2) is 4.39 Å². The average Bonchev–Trinajstić information content (AvgIpc) is 2.50. The number of halogens is 2. The second-order valence-electron chi connectivity index (χ2n) is 4.97. The molecule has 5 heteroatoms. The van der Waals surface area contributed by atoms with Gasteiger partial charge >= 0.3 is 0 Å². The van der Waals surface area contributed by atoms with Crippen LogP contribution in [0.3, 0.4) is 0 Å². The standard InChI is InChI=1S/C16H14BrFN2O/c17-14-3-1-2-13(15(14)18)16(21)20-12-5-4-10-6-7-19-9-11(10)8-12/h1-5,8,19H,6-7,9H2,(H,20,21). The topological polar surface area (TPSA) is 41.1 Å². The molecule has 2 aromatic carbocycles. The molecule has 108 valence electrons. The van der Waals surface area contributed by atoms with Crippen molar-refractivity contribution in [3.63, 3.8) is 0 Å². The molecule has 0 atom stereocenters. The Morgan fingerprint density at radius 1 is 1.24 bits per heavy atom. The number of fused-ring (bicyclic) bond motifs is 1. The van der Waals surface area contributed by atoms with Gasteiger partial charge in [-0.2, -0.15) is 0 Å². The molecule has 21 heavy (non-hydrogen) atoms. The van der Waals surface area contributed by atoms with E-state index in [1.54, 1.807) is 12.1 Å². The first-order valence-electron chi connectivity index (χ1n) is 6.73. The Balaban J connectivity index is 1.83. The van der Waals surface area contributed by atoms with Crippen molar-refractivity contribution in [3.8, 4) is 0 Å². The fraction of sp³-hybridized carbons (Fsp3) is 0.188. The summed E-state index contributed by atoms with van der Waals surface area (Å²) >= 11 is 3.09. The third kappa shape index (κ3) is 2.99. The van der Waals surface area contributed by atoms with Crippen LogP contribution in [0.25, 0.3) is 0 Å². The zero-order valence-corrected chi connectivity index (χ0v) is 12.8. The van der Waals surface area contributed by atoms with E-state index in [0.29, 0.717) is 5.69 Å². The fourth-order valence-electron chi connectivity index (χ4n) is 2.44. The average molecular weight is 349 g/mol. The van der Waals surface area contributed by atoms with Gasteiger partial charge in [0.15, 0.2) is 0 Å². The zero-order valence-electron chi connectivity index (χ0n) is 11.2. The summed E-state index contributed by atoms with van der Waals surface area (Å²) < 4.78 is 14.2. The Kier molecular flexibility index (Phi) is 4.03. The van der Waals surface area contributed by atoms with Gasteiger partial charge in [-0.05, 0) is 64.3 Å². The van der Waals surface area contributed by atoms with Crippen LogP contribution in [0, 0.1) is 5.82 Å². The van der Waals surface area contributed by atoms with Gasteiger partial charge in [0.1, 0.15) is 5.82 Å². The lowest BCUT2D eigenvalue weighted by molar-refractivity contribution is 0.102. The van der Waals surface area contributed by atoms with Crippen molar-refractivity contribution in [1.82, 2.24) is 5.32 Å². The van der Waals surface area contributed by atoms with Crippen LogP contribution in [0.2, 0.25) is 0 Å². The smallest absolute Gasteiger partial charge is 0.258 e. The van der Waals surface area contributed by atoms with E-state index in [1.165, 1.54) is 17.2 Å². The van der Waals surface area contributed by atoms with Crippen LogP contribution in [-0.4, -0.2) is 12.5 Å². The van der Waals surface area contributed by atoms with E-state index in [1.807, 2.05) is 18.2 Å². The van der Waals surface area contributed by atoms with Crippen molar-refractivity contribution in [2.24, 2.45) is 0 Å². The predicted octanol–water partition coefficient (Wildman–Crippen LogP) is 3.49. The molecule has 3 nitrogen and oxygen atoms in total. The zero-order chi connectivity index (χ0) is 14.8. The van der Waals surface area contributed by atoms with Gasteiger partial charge in [-0.15, -0.1) is 0 Å². The van der Waals surface area contributed by atoms with E-state index in [0.717, 1.165) is 19.5 Å². The highest BCUT2D eigenvalue weighted by molar-refractivity contribution is 9.10. The summed E-state index contributed by atoms with van der Waals surface area (Å²) in [4.78, 5) is 12.2. The van der Waals surface area contributed by atoms with Gasteiger partial charge < -0.3 is 10.6 Å². The van der Waals surface area contributed by atoms with E-state index >= 15 is 0 Å². The number of carbonyl (C=O) groups excluding carboxylic acids is 1. The summed E-state index contributed by atoms with van der Waals surface area (Å²) in [6.07, 6.45) is 0.990. The molecule has 0 saturated carbocycles. The second-order valence-corrected chi connectivity index (χ2v) is 5.82. The summed E-state index contributed by atoms with van der Waals surface area (Å²) in [7, 11) is 0. The number of rotatable bonds is 2. The Bertz CT molecular complexity index is 703. The molecule has 0 aliphatic carbocycles. The van der Waals surface area contributed by atoms with Crippen molar-refractivity contribution in [1.29, 1.82) is 0 Å². The molecule has 0 radical (unpaired) electrons. The maximum Gasteiger partial charge on any atom is 0.258 e. The van der Waals surface area contributed by atoms with Crippen LogP contribution >= 0.6 is 15.9 Å². The summed E-state index contributed by atoms with van der Waals surface area (Å²) in [6.45, 7) is 1.77. The molecule has 0 saturated heterocycles. The number of nitrogens with one attached hydrogen (secondary N) is 2. The quantitative estimate of drug-likeness (QED) is 0.872. The van der Waals surface area contributed by atoms with Crippen LogP contribution < -0.4 is 10.6 Å². The van der Waals surface area contributed by atoms with E-state index < -0.39 is 11.7 Å². The minimum Gasteiger partial charge on any atom is -0.322 e. The molecule has 0 fully saturated rings. The van der Waals surface area contributed by atoms with Gasteiger partial charge in [0.25, 0.3) is 5.91 Å². The lowest BCUT2D eigenvalue weighted by Gasteiger charge is -2.18. The molecule has 0 unspecified atom stereocenters. The van der Waals surface area contributed by atoms with Crippen LogP contribution in [0.4, 0.5) is 10.1 Å². The molecule has 0 bridgehead atoms. The number of anilines is 1. The first-order valence-corrected chi connectivity index (χ1v) is 7.52. The Labute approximate surface area is 130 Å². The van der Waals surface area contributed by atoms with Crippen LogP contribution in [-0.2, 0) is 13.0 Å². The van der Waals surface area contributed by atoms with Crippen molar-refractivity contribution in [2.75, 3.05) is 11.9 Å². The van der Waals surface area contributed by atoms with E-state index in [2.05, 4.69) is 26.6 Å². The highest BCUT2D eigenvalue weighted by Crippen LogP contribution is 2.22.